The third-order valence-corrected chi connectivity index (χ3v) is 5.58. The van der Waals surface area contributed by atoms with Gasteiger partial charge in [0.05, 0.1) is 6.04 Å². The van der Waals surface area contributed by atoms with Crippen molar-refractivity contribution in [3.8, 4) is 0 Å². The Morgan fingerprint density at radius 3 is 2.71 bits per heavy atom. The predicted octanol–water partition coefficient (Wildman–Crippen LogP) is 3.06. The lowest BCUT2D eigenvalue weighted by Crippen LogP contribution is -2.50. The molecule has 0 saturated carbocycles. The van der Waals surface area contributed by atoms with Gasteiger partial charge in [0, 0.05) is 23.4 Å². The monoisotopic (exact) mass is 312 g/mol. The fourth-order valence-electron chi connectivity index (χ4n) is 2.58. The third kappa shape index (κ3) is 4.42. The molecule has 1 aliphatic heterocycles. The van der Waals surface area contributed by atoms with Crippen LogP contribution >= 0.6 is 0 Å². The second-order valence-electron chi connectivity index (χ2n) is 6.75. The van der Waals surface area contributed by atoms with Gasteiger partial charge >= 0.3 is 0 Å². The molecule has 4 atom stereocenters. The van der Waals surface area contributed by atoms with E-state index in [0.29, 0.717) is 0 Å². The van der Waals surface area contributed by atoms with Crippen molar-refractivity contribution < 1.29 is 8.94 Å². The van der Waals surface area contributed by atoms with E-state index in [0.717, 1.165) is 18.4 Å². The second kappa shape index (κ2) is 6.65. The summed E-state index contributed by atoms with van der Waals surface area (Å²) in [5.74, 6) is -0.197. The minimum atomic E-state index is -1.07. The molecule has 1 aromatic carbocycles. The first-order valence-electron chi connectivity index (χ1n) is 7.47. The summed E-state index contributed by atoms with van der Waals surface area (Å²) < 4.78 is 28.4. The Hall–Kier alpha value is -0.620. The van der Waals surface area contributed by atoms with Gasteiger partial charge in [-0.05, 0) is 58.2 Å². The molecule has 5 heteroatoms. The first-order chi connectivity index (χ1) is 9.77. The van der Waals surface area contributed by atoms with Crippen molar-refractivity contribution in [3.63, 3.8) is 0 Å². The van der Waals surface area contributed by atoms with Gasteiger partial charge in [-0.3, -0.25) is 0 Å². The Morgan fingerprint density at radius 2 is 2.10 bits per heavy atom. The van der Waals surface area contributed by atoms with Crippen molar-refractivity contribution in [2.75, 3.05) is 0 Å². The zero-order valence-corrected chi connectivity index (χ0v) is 14.0. The first kappa shape index (κ1) is 16.7. The Labute approximate surface area is 130 Å². The Bertz CT molecular complexity index is 478. The minimum Gasteiger partial charge on any atom is -0.598 e. The molecule has 3 nitrogen and oxygen atoms in total. The summed E-state index contributed by atoms with van der Waals surface area (Å²) in [7, 11) is 0. The Balaban J connectivity index is 1.93. The summed E-state index contributed by atoms with van der Waals surface area (Å²) in [6, 6.07) is 7.30. The predicted molar refractivity (Wildman–Crippen MR) is 85.8 cm³/mol. The van der Waals surface area contributed by atoms with E-state index in [-0.39, 0.29) is 28.7 Å². The van der Waals surface area contributed by atoms with Crippen molar-refractivity contribution >= 4 is 11.4 Å². The van der Waals surface area contributed by atoms with Gasteiger partial charge in [0.2, 0.25) is 0 Å². The van der Waals surface area contributed by atoms with Crippen LogP contribution in [0.2, 0.25) is 0 Å². The van der Waals surface area contributed by atoms with Crippen LogP contribution in [0.4, 0.5) is 4.39 Å². The number of halogens is 1. The molecular weight excluding hydrogens is 287 g/mol. The van der Waals surface area contributed by atoms with Crippen LogP contribution in [0.15, 0.2) is 24.3 Å². The zero-order valence-electron chi connectivity index (χ0n) is 13.2. The van der Waals surface area contributed by atoms with Crippen LogP contribution in [0.5, 0.6) is 0 Å². The highest BCUT2D eigenvalue weighted by Crippen LogP contribution is 2.28. The summed E-state index contributed by atoms with van der Waals surface area (Å²) in [6.45, 7) is 7.93. The fraction of sp³-hybridized carbons (Fsp3) is 0.625. The number of benzene rings is 1. The van der Waals surface area contributed by atoms with Gasteiger partial charge < -0.3 is 9.87 Å². The van der Waals surface area contributed by atoms with Crippen molar-refractivity contribution in [1.82, 2.24) is 10.0 Å². The molecule has 0 aliphatic carbocycles. The maximum absolute atomic E-state index is 13.3. The van der Waals surface area contributed by atoms with Gasteiger partial charge in [-0.1, -0.05) is 12.1 Å². The van der Waals surface area contributed by atoms with E-state index in [4.69, 9.17) is 0 Å². The van der Waals surface area contributed by atoms with Crippen molar-refractivity contribution in [3.05, 3.63) is 35.6 Å². The summed E-state index contributed by atoms with van der Waals surface area (Å²) in [5.41, 5.74) is 0.988. The van der Waals surface area contributed by atoms with E-state index in [2.05, 4.69) is 17.0 Å². The third-order valence-electron chi connectivity index (χ3n) is 3.89. The quantitative estimate of drug-likeness (QED) is 0.840. The van der Waals surface area contributed by atoms with Crippen molar-refractivity contribution in [2.45, 2.75) is 63.4 Å². The summed E-state index contributed by atoms with van der Waals surface area (Å²) in [5, 5.41) is 3.53. The molecule has 2 rings (SSSR count). The molecule has 0 radical (unpaired) electrons. The van der Waals surface area contributed by atoms with E-state index in [9.17, 15) is 8.94 Å². The molecule has 1 heterocycles. The van der Waals surface area contributed by atoms with Crippen LogP contribution in [0, 0.1) is 5.82 Å². The maximum atomic E-state index is 13.3. The van der Waals surface area contributed by atoms with E-state index >= 15 is 0 Å². The molecule has 0 aromatic heterocycles. The van der Waals surface area contributed by atoms with Crippen LogP contribution in [0.1, 0.15) is 52.1 Å². The number of hydrogen-bond acceptors (Lipinski definition) is 3. The SMILES string of the molecule is CC(N[S@@+]([O-])C(C)(C)C)[C@H]1CC[C@@H](c2cccc(F)c2)N1. The summed E-state index contributed by atoms with van der Waals surface area (Å²) in [4.78, 5) is 0. The van der Waals surface area contributed by atoms with E-state index in [1.165, 1.54) is 6.07 Å². The van der Waals surface area contributed by atoms with E-state index in [1.807, 2.05) is 26.8 Å². The zero-order chi connectivity index (χ0) is 15.6. The van der Waals surface area contributed by atoms with Crippen molar-refractivity contribution in [2.24, 2.45) is 0 Å². The lowest BCUT2D eigenvalue weighted by Gasteiger charge is -2.29. The molecule has 1 aromatic rings. The maximum Gasteiger partial charge on any atom is 0.136 e. The largest absolute Gasteiger partial charge is 0.598 e. The van der Waals surface area contributed by atoms with Gasteiger partial charge in [-0.2, -0.15) is 0 Å². The fourth-order valence-corrected chi connectivity index (χ4v) is 3.44. The molecule has 0 amide bonds. The lowest BCUT2D eigenvalue weighted by atomic mass is 10.0. The number of hydrogen-bond donors (Lipinski definition) is 2. The summed E-state index contributed by atoms with van der Waals surface area (Å²) in [6.07, 6.45) is 1.97. The Kier molecular flexibility index (Phi) is 5.30. The molecule has 1 aliphatic rings. The van der Waals surface area contributed by atoms with Gasteiger partial charge in [0.1, 0.15) is 10.6 Å². The molecule has 1 unspecified atom stereocenters. The van der Waals surface area contributed by atoms with Gasteiger partial charge in [0.25, 0.3) is 0 Å². The molecule has 1 saturated heterocycles. The van der Waals surface area contributed by atoms with Crippen LogP contribution in [-0.2, 0) is 11.4 Å². The van der Waals surface area contributed by atoms with Crippen LogP contribution in [0.3, 0.4) is 0 Å². The minimum absolute atomic E-state index is 0.114. The van der Waals surface area contributed by atoms with Crippen molar-refractivity contribution in [1.29, 1.82) is 0 Å². The first-order valence-corrected chi connectivity index (χ1v) is 8.62. The van der Waals surface area contributed by atoms with Gasteiger partial charge in [-0.15, -0.1) is 4.72 Å². The molecule has 2 N–H and O–H groups in total. The smallest absolute Gasteiger partial charge is 0.136 e. The molecule has 1 fully saturated rings. The molecule has 0 bridgehead atoms. The molecule has 21 heavy (non-hydrogen) atoms. The highest BCUT2D eigenvalue weighted by Gasteiger charge is 2.34. The lowest BCUT2D eigenvalue weighted by molar-refractivity contribution is 0.444. The molecule has 0 spiro atoms. The number of nitrogens with one attached hydrogen (secondary N) is 2. The van der Waals surface area contributed by atoms with E-state index in [1.54, 1.807) is 12.1 Å². The Morgan fingerprint density at radius 1 is 1.38 bits per heavy atom. The van der Waals surface area contributed by atoms with Gasteiger partial charge in [0.15, 0.2) is 0 Å². The molecule has 118 valence electrons. The average Bonchev–Trinajstić information content (AvgIpc) is 2.87. The highest BCUT2D eigenvalue weighted by atomic mass is 32.2. The normalized spacial score (nSPS) is 25.8. The standard InChI is InChI=1S/C16H25FN2OS/c1-11(19-21(20)16(2,3)4)14-8-9-15(18-14)12-6-5-7-13(17)10-12/h5-7,10-11,14-15,18-19H,8-9H2,1-4H3/t11?,14-,15+,21+/m1/s1. The average molecular weight is 312 g/mol. The van der Waals surface area contributed by atoms with Crippen LogP contribution < -0.4 is 10.0 Å². The summed E-state index contributed by atoms with van der Waals surface area (Å²) >= 11 is -1.07. The van der Waals surface area contributed by atoms with E-state index < -0.39 is 11.4 Å². The van der Waals surface area contributed by atoms with Crippen LogP contribution in [0.25, 0.3) is 0 Å². The second-order valence-corrected chi connectivity index (χ2v) is 8.74. The van der Waals surface area contributed by atoms with Crippen LogP contribution in [-0.4, -0.2) is 21.4 Å². The topological polar surface area (TPSA) is 47.1 Å². The number of rotatable bonds is 4. The highest BCUT2D eigenvalue weighted by molar-refractivity contribution is 7.90. The van der Waals surface area contributed by atoms with Gasteiger partial charge in [-0.25, -0.2) is 4.39 Å². The molecular formula is C16H25FN2OS.